The minimum atomic E-state index is -0.163. The van der Waals surface area contributed by atoms with Crippen molar-refractivity contribution < 1.29 is 8.83 Å². The second-order valence-electron chi connectivity index (χ2n) is 19.8. The Bertz CT molecular complexity index is 3170. The summed E-state index contributed by atoms with van der Waals surface area (Å²) in [4.78, 5) is 5.10. The lowest BCUT2D eigenvalue weighted by molar-refractivity contribution is 0.590. The van der Waals surface area contributed by atoms with E-state index in [0.717, 1.165) is 66.6 Å². The molecule has 0 aliphatic carbocycles. The molecule has 7 aromatic carbocycles. The van der Waals surface area contributed by atoms with E-state index in [0.29, 0.717) is 0 Å². The first-order valence-electron chi connectivity index (χ1n) is 21.0. The van der Waals surface area contributed by atoms with Crippen molar-refractivity contribution in [1.82, 2.24) is 0 Å². The standard InChI is InChI=1S/C54H49BN2O2/c1-52(2,3)32-18-23-35(24-19-32)56-42-27-22-34(54(7,8)9)30-41(42)55-49-40(31-39-37-14-10-12-16-44(37)59-51(39)50(49)56)47-43(57(55)36-25-20-33(21-26-36)53(4,5)6)28-29-46-48(47)38-15-11-13-17-45(38)58-46/h10-31H,1-9H3. The molecule has 4 heterocycles. The van der Waals surface area contributed by atoms with E-state index in [1.807, 2.05) is 0 Å². The molecular weight excluding hydrogens is 719 g/mol. The van der Waals surface area contributed by atoms with Gasteiger partial charge in [-0.2, -0.15) is 0 Å². The van der Waals surface area contributed by atoms with Crippen molar-refractivity contribution in [2.45, 2.75) is 78.6 Å². The van der Waals surface area contributed by atoms with E-state index in [1.165, 1.54) is 44.4 Å². The molecule has 0 N–H and O–H groups in total. The van der Waals surface area contributed by atoms with Gasteiger partial charge in [-0.25, -0.2) is 0 Å². The molecule has 9 aromatic rings. The molecule has 290 valence electrons. The molecule has 0 amide bonds. The van der Waals surface area contributed by atoms with Crippen LogP contribution in [0.15, 0.2) is 142 Å². The van der Waals surface area contributed by atoms with Crippen molar-refractivity contribution in [3.63, 3.8) is 0 Å². The largest absolute Gasteiger partial charge is 0.456 e. The van der Waals surface area contributed by atoms with Crippen molar-refractivity contribution in [2.75, 3.05) is 9.71 Å². The molecule has 0 saturated heterocycles. The van der Waals surface area contributed by atoms with Gasteiger partial charge < -0.3 is 18.5 Å². The zero-order valence-electron chi connectivity index (χ0n) is 35.5. The number of anilines is 5. The quantitative estimate of drug-likeness (QED) is 0.164. The van der Waals surface area contributed by atoms with Crippen molar-refractivity contribution in [3.8, 4) is 11.1 Å². The van der Waals surface area contributed by atoms with Crippen molar-refractivity contribution in [2.24, 2.45) is 0 Å². The zero-order valence-corrected chi connectivity index (χ0v) is 35.5. The van der Waals surface area contributed by atoms with Crippen LogP contribution in [0.2, 0.25) is 0 Å². The summed E-state index contributed by atoms with van der Waals surface area (Å²) >= 11 is 0. The Morgan fingerprint density at radius 2 is 1.03 bits per heavy atom. The van der Waals surface area contributed by atoms with Crippen LogP contribution < -0.4 is 20.6 Å². The number of benzene rings is 7. The van der Waals surface area contributed by atoms with Crippen LogP contribution in [0, 0.1) is 0 Å². The van der Waals surface area contributed by atoms with Crippen LogP contribution >= 0.6 is 0 Å². The molecule has 0 radical (unpaired) electrons. The van der Waals surface area contributed by atoms with Gasteiger partial charge in [0.2, 0.25) is 0 Å². The highest BCUT2D eigenvalue weighted by molar-refractivity contribution is 6.94. The lowest BCUT2D eigenvalue weighted by Gasteiger charge is -2.46. The van der Waals surface area contributed by atoms with Crippen LogP contribution in [-0.4, -0.2) is 6.85 Å². The van der Waals surface area contributed by atoms with Crippen molar-refractivity contribution in [1.29, 1.82) is 0 Å². The van der Waals surface area contributed by atoms with Gasteiger partial charge in [0, 0.05) is 49.9 Å². The molecule has 0 atom stereocenters. The van der Waals surface area contributed by atoms with Gasteiger partial charge in [-0.15, -0.1) is 0 Å². The Morgan fingerprint density at radius 3 is 1.68 bits per heavy atom. The Balaban J connectivity index is 1.33. The average molecular weight is 769 g/mol. The molecule has 0 spiro atoms. The molecular formula is C54H49BN2O2. The van der Waals surface area contributed by atoms with Crippen molar-refractivity contribution in [3.05, 3.63) is 150 Å². The third-order valence-corrected chi connectivity index (χ3v) is 12.9. The van der Waals surface area contributed by atoms with Gasteiger partial charge in [0.25, 0.3) is 0 Å². The van der Waals surface area contributed by atoms with Crippen molar-refractivity contribution >= 4 is 90.1 Å². The summed E-state index contributed by atoms with van der Waals surface area (Å²) in [6.07, 6.45) is 0. The molecule has 2 aliphatic heterocycles. The molecule has 59 heavy (non-hydrogen) atoms. The molecule has 0 fully saturated rings. The zero-order chi connectivity index (χ0) is 40.7. The molecule has 11 rings (SSSR count). The second-order valence-corrected chi connectivity index (χ2v) is 19.8. The number of nitrogens with zero attached hydrogens (tertiary/aromatic N) is 2. The summed E-state index contributed by atoms with van der Waals surface area (Å²) in [7, 11) is 0. The van der Waals surface area contributed by atoms with Crippen LogP contribution in [0.4, 0.5) is 28.4 Å². The highest BCUT2D eigenvalue weighted by Gasteiger charge is 2.47. The van der Waals surface area contributed by atoms with Gasteiger partial charge in [-0.05, 0) is 110 Å². The van der Waals surface area contributed by atoms with Gasteiger partial charge >= 0.3 is 6.85 Å². The summed E-state index contributed by atoms with van der Waals surface area (Å²) in [5.74, 6) is 0. The lowest BCUT2D eigenvalue weighted by Crippen LogP contribution is -2.61. The second kappa shape index (κ2) is 12.2. The summed E-state index contributed by atoms with van der Waals surface area (Å²) in [6.45, 7) is 20.5. The van der Waals surface area contributed by atoms with E-state index in [9.17, 15) is 0 Å². The van der Waals surface area contributed by atoms with Gasteiger partial charge in [-0.1, -0.05) is 135 Å². The van der Waals surface area contributed by atoms with Crippen LogP contribution in [0.5, 0.6) is 0 Å². The number of rotatable bonds is 2. The smallest absolute Gasteiger partial charge is 0.333 e. The van der Waals surface area contributed by atoms with Crippen LogP contribution in [0.25, 0.3) is 55.0 Å². The molecule has 2 aromatic heterocycles. The number of hydrogen-bond donors (Lipinski definition) is 0. The molecule has 2 aliphatic rings. The van der Waals surface area contributed by atoms with Gasteiger partial charge in [0.05, 0.1) is 5.69 Å². The molecule has 0 unspecified atom stereocenters. The maximum absolute atomic E-state index is 7.09. The monoisotopic (exact) mass is 768 g/mol. The Morgan fingerprint density at radius 1 is 0.475 bits per heavy atom. The van der Waals surface area contributed by atoms with Gasteiger partial charge in [0.15, 0.2) is 5.58 Å². The maximum Gasteiger partial charge on any atom is 0.333 e. The fraction of sp³-hybridized carbons (Fsp3) is 0.222. The van der Waals surface area contributed by atoms with E-state index in [1.54, 1.807) is 0 Å². The third kappa shape index (κ3) is 5.29. The summed E-state index contributed by atoms with van der Waals surface area (Å²) in [6, 6.07) is 49.6. The average Bonchev–Trinajstić information content (AvgIpc) is 3.78. The summed E-state index contributed by atoms with van der Waals surface area (Å²) < 4.78 is 13.8. The van der Waals surface area contributed by atoms with Gasteiger partial charge in [-0.3, -0.25) is 0 Å². The van der Waals surface area contributed by atoms with Crippen LogP contribution in [-0.2, 0) is 16.2 Å². The normalized spacial score (nSPS) is 14.1. The number of para-hydroxylation sites is 2. The fourth-order valence-corrected chi connectivity index (χ4v) is 9.76. The predicted molar refractivity (Wildman–Crippen MR) is 251 cm³/mol. The first kappa shape index (κ1) is 35.9. The first-order valence-corrected chi connectivity index (χ1v) is 21.0. The Labute approximate surface area is 347 Å². The number of furan rings is 2. The highest BCUT2D eigenvalue weighted by Crippen LogP contribution is 2.53. The Hall–Kier alpha value is -6.20. The van der Waals surface area contributed by atoms with Gasteiger partial charge in [0.1, 0.15) is 16.7 Å². The third-order valence-electron chi connectivity index (χ3n) is 12.9. The predicted octanol–water partition coefficient (Wildman–Crippen LogP) is 14.1. The molecule has 5 heteroatoms. The molecule has 0 bridgehead atoms. The van der Waals surface area contributed by atoms with Crippen LogP contribution in [0.1, 0.15) is 79.0 Å². The van der Waals surface area contributed by atoms with Crippen LogP contribution in [0.3, 0.4) is 0 Å². The maximum atomic E-state index is 7.09. The van der Waals surface area contributed by atoms with E-state index >= 15 is 0 Å². The van der Waals surface area contributed by atoms with E-state index in [-0.39, 0.29) is 23.1 Å². The lowest BCUT2D eigenvalue weighted by atomic mass is 9.43. The minimum Gasteiger partial charge on any atom is -0.456 e. The molecule has 0 saturated carbocycles. The molecule has 4 nitrogen and oxygen atoms in total. The SMILES string of the molecule is CC(C)(C)c1ccc(N2B3c4cc(C(C)(C)C)ccc4N(c4ccc(C(C)(C)C)cc4)c4c3c(cc3c4oc4ccccc43)-c3c2ccc2oc4ccccc4c32)cc1. The summed E-state index contributed by atoms with van der Waals surface area (Å²) in [5, 5.41) is 4.48. The minimum absolute atomic E-state index is 0.0223. The topological polar surface area (TPSA) is 32.8 Å². The number of fused-ring (bicyclic) bond motifs is 12. The van der Waals surface area contributed by atoms with E-state index in [4.69, 9.17) is 8.83 Å². The summed E-state index contributed by atoms with van der Waals surface area (Å²) in [5.41, 5.74) is 18.0. The first-order chi connectivity index (χ1) is 28.2. The van der Waals surface area contributed by atoms with E-state index < -0.39 is 0 Å². The Kier molecular flexibility index (Phi) is 7.41. The highest BCUT2D eigenvalue weighted by atomic mass is 16.3. The number of hydrogen-bond acceptors (Lipinski definition) is 4. The fourth-order valence-electron chi connectivity index (χ4n) is 9.76. The van der Waals surface area contributed by atoms with E-state index in [2.05, 4.69) is 205 Å².